The Morgan fingerprint density at radius 3 is 2.67 bits per heavy atom. The number of nitrogens with one attached hydrogen (secondary N) is 1. The van der Waals surface area contributed by atoms with Crippen molar-refractivity contribution in [2.75, 3.05) is 38.7 Å². The fraction of sp³-hybridized carbons (Fsp3) is 0.667. The molecule has 1 aliphatic rings. The minimum atomic E-state index is -3.60. The van der Waals surface area contributed by atoms with E-state index in [0.29, 0.717) is 6.29 Å². The standard InChI is InChI=1S/C9H15ClN6O4S/c1-13(2)21(18,19)14-3-4-15(7(5-14)6-17)16-8(10)9(11)20-12-16/h6-7,11H,3-5H2,1-2H3. The van der Waals surface area contributed by atoms with Crippen LogP contribution in [-0.4, -0.2) is 63.1 Å². The molecule has 0 aliphatic carbocycles. The minimum Gasteiger partial charge on any atom is -0.379 e. The molecule has 0 aromatic carbocycles. The van der Waals surface area contributed by atoms with Crippen LogP contribution in [0.1, 0.15) is 0 Å². The van der Waals surface area contributed by atoms with Crippen molar-refractivity contribution in [2.45, 2.75) is 6.04 Å². The molecule has 0 bridgehead atoms. The van der Waals surface area contributed by atoms with E-state index in [1.807, 2.05) is 0 Å². The van der Waals surface area contributed by atoms with Gasteiger partial charge in [-0.15, -0.1) is 0 Å². The molecule has 10 nitrogen and oxygen atoms in total. The number of aromatic nitrogens is 2. The van der Waals surface area contributed by atoms with Gasteiger partial charge < -0.3 is 9.32 Å². The Morgan fingerprint density at radius 1 is 1.52 bits per heavy atom. The van der Waals surface area contributed by atoms with Crippen molar-refractivity contribution in [3.8, 4) is 0 Å². The molecule has 1 atom stereocenters. The highest BCUT2D eigenvalue weighted by Gasteiger charge is 2.35. The van der Waals surface area contributed by atoms with E-state index >= 15 is 0 Å². The molecule has 0 saturated carbocycles. The number of piperazine rings is 1. The first-order valence-electron chi connectivity index (χ1n) is 5.98. The van der Waals surface area contributed by atoms with Gasteiger partial charge in [0.2, 0.25) is 0 Å². The third-order valence-corrected chi connectivity index (χ3v) is 5.34. The third-order valence-electron chi connectivity index (χ3n) is 3.11. The molecule has 1 aromatic heterocycles. The van der Waals surface area contributed by atoms with Crippen molar-refractivity contribution in [2.24, 2.45) is 0 Å². The zero-order valence-corrected chi connectivity index (χ0v) is 13.0. The molecule has 12 heteroatoms. The summed E-state index contributed by atoms with van der Waals surface area (Å²) in [6.07, 6.45) is 0.610. The fourth-order valence-electron chi connectivity index (χ4n) is 1.97. The van der Waals surface area contributed by atoms with Gasteiger partial charge in [0.05, 0.1) is 6.04 Å². The van der Waals surface area contributed by atoms with Crippen LogP contribution in [0.25, 0.3) is 0 Å². The van der Waals surface area contributed by atoms with Crippen molar-refractivity contribution in [1.29, 1.82) is 5.41 Å². The highest BCUT2D eigenvalue weighted by Crippen LogP contribution is 2.11. The van der Waals surface area contributed by atoms with E-state index in [-0.39, 0.29) is 30.3 Å². The number of carbonyl (C=O) groups excluding carboxylic acids is 1. The summed E-state index contributed by atoms with van der Waals surface area (Å²) in [7, 11) is -0.748. The van der Waals surface area contributed by atoms with E-state index in [0.717, 1.165) is 9.10 Å². The average Bonchev–Trinajstić information content (AvgIpc) is 2.78. The number of aldehydes is 1. The highest BCUT2D eigenvalue weighted by molar-refractivity contribution is 7.86. The summed E-state index contributed by atoms with van der Waals surface area (Å²) in [6, 6.07) is -0.777. The molecular weight excluding hydrogens is 324 g/mol. The lowest BCUT2D eigenvalue weighted by molar-refractivity contribution is -0.764. The topological polar surface area (TPSA) is 116 Å². The highest BCUT2D eigenvalue weighted by atomic mass is 35.5. The average molecular weight is 339 g/mol. The molecular formula is C9H15ClN6O4S. The lowest BCUT2D eigenvalue weighted by Gasteiger charge is -2.39. The van der Waals surface area contributed by atoms with Gasteiger partial charge in [-0.05, 0) is 16.9 Å². The Morgan fingerprint density at radius 2 is 2.19 bits per heavy atom. The Labute approximate surface area is 126 Å². The molecule has 1 aromatic rings. The lowest BCUT2D eigenvalue weighted by atomic mass is 10.2. The van der Waals surface area contributed by atoms with Crippen LogP contribution in [0.5, 0.6) is 0 Å². The van der Waals surface area contributed by atoms with Crippen LogP contribution in [0, 0.1) is 5.41 Å². The van der Waals surface area contributed by atoms with E-state index in [1.54, 1.807) is 0 Å². The first kappa shape index (κ1) is 15.9. The van der Waals surface area contributed by atoms with E-state index < -0.39 is 16.3 Å². The van der Waals surface area contributed by atoms with Gasteiger partial charge in [-0.1, -0.05) is 4.79 Å². The molecule has 1 N–H and O–H groups in total. The van der Waals surface area contributed by atoms with Crippen LogP contribution < -0.4 is 20.6 Å². The second kappa shape index (κ2) is 5.75. The molecule has 0 amide bonds. The van der Waals surface area contributed by atoms with Crippen LogP contribution in [0.2, 0.25) is 5.15 Å². The van der Waals surface area contributed by atoms with Gasteiger partial charge in [-0.25, -0.2) is 0 Å². The molecule has 2 rings (SSSR count). The minimum absolute atomic E-state index is 0.0342. The SMILES string of the molecule is CN(C)S(=O)(=O)N1CCN([n+]2[n-]oc(=N)c2Cl)C(C=O)C1. The van der Waals surface area contributed by atoms with Crippen molar-refractivity contribution in [3.05, 3.63) is 10.7 Å². The van der Waals surface area contributed by atoms with Crippen LogP contribution in [-0.2, 0) is 15.0 Å². The summed E-state index contributed by atoms with van der Waals surface area (Å²) in [6.45, 7) is 0.314. The van der Waals surface area contributed by atoms with Crippen LogP contribution in [0.3, 0.4) is 0 Å². The molecule has 1 aliphatic heterocycles. The summed E-state index contributed by atoms with van der Waals surface area (Å²) >= 11 is 5.86. The predicted molar refractivity (Wildman–Crippen MR) is 70.2 cm³/mol. The van der Waals surface area contributed by atoms with Crippen LogP contribution >= 0.6 is 11.6 Å². The predicted octanol–water partition coefficient (Wildman–Crippen LogP) is -2.72. The summed E-state index contributed by atoms with van der Waals surface area (Å²) in [4.78, 5) is 12.4. The first-order chi connectivity index (χ1) is 9.78. The van der Waals surface area contributed by atoms with Crippen LogP contribution in [0.15, 0.2) is 4.52 Å². The molecule has 21 heavy (non-hydrogen) atoms. The quantitative estimate of drug-likeness (QED) is 0.471. The van der Waals surface area contributed by atoms with Gasteiger partial charge in [0.1, 0.15) is 6.29 Å². The summed E-state index contributed by atoms with van der Waals surface area (Å²) in [5.74, 6) is 0. The van der Waals surface area contributed by atoms with Gasteiger partial charge in [-0.2, -0.15) is 17.0 Å². The Balaban J connectivity index is 2.26. The largest absolute Gasteiger partial charge is 0.379 e. The Bertz CT molecular complexity index is 683. The van der Waals surface area contributed by atoms with Gasteiger partial charge in [0.25, 0.3) is 10.2 Å². The third kappa shape index (κ3) is 2.81. The second-order valence-electron chi connectivity index (χ2n) is 4.60. The molecule has 1 saturated heterocycles. The van der Waals surface area contributed by atoms with Crippen molar-refractivity contribution in [1.82, 2.24) is 13.9 Å². The van der Waals surface area contributed by atoms with E-state index in [4.69, 9.17) is 17.0 Å². The number of rotatable bonds is 4. The Hall–Kier alpha value is -1.43. The molecule has 1 fully saturated rings. The fourth-order valence-corrected chi connectivity index (χ4v) is 3.24. The van der Waals surface area contributed by atoms with Crippen molar-refractivity contribution < 1.29 is 22.5 Å². The van der Waals surface area contributed by atoms with Crippen LogP contribution in [0.4, 0.5) is 0 Å². The zero-order valence-electron chi connectivity index (χ0n) is 11.4. The van der Waals surface area contributed by atoms with Gasteiger partial charge in [-0.3, -0.25) is 10.4 Å². The number of hydrogen-bond donors (Lipinski definition) is 1. The number of hydrogen-bond acceptors (Lipinski definition) is 6. The lowest BCUT2D eigenvalue weighted by Crippen LogP contribution is -2.72. The number of halogens is 1. The normalized spacial score (nSPS) is 21.0. The monoisotopic (exact) mass is 338 g/mol. The second-order valence-corrected chi connectivity index (χ2v) is 7.10. The zero-order chi connectivity index (χ0) is 15.8. The summed E-state index contributed by atoms with van der Waals surface area (Å²) in [5, 5.41) is 12.3. The summed E-state index contributed by atoms with van der Waals surface area (Å²) in [5.41, 5.74) is -0.329. The molecule has 118 valence electrons. The van der Waals surface area contributed by atoms with Crippen molar-refractivity contribution in [3.63, 3.8) is 0 Å². The smallest absolute Gasteiger partial charge is 0.360 e. The van der Waals surface area contributed by atoms with E-state index in [1.165, 1.54) is 23.4 Å². The molecule has 0 radical (unpaired) electrons. The maximum Gasteiger partial charge on any atom is 0.360 e. The van der Waals surface area contributed by atoms with Crippen molar-refractivity contribution >= 4 is 28.1 Å². The molecule has 0 spiro atoms. The Kier molecular flexibility index (Phi) is 4.37. The molecule has 2 heterocycles. The van der Waals surface area contributed by atoms with Gasteiger partial charge >= 0.3 is 10.7 Å². The van der Waals surface area contributed by atoms with E-state index in [2.05, 4.69) is 9.79 Å². The first-order valence-corrected chi connectivity index (χ1v) is 7.75. The maximum absolute atomic E-state index is 12.1. The van der Waals surface area contributed by atoms with Gasteiger partial charge in [0, 0.05) is 33.7 Å². The van der Waals surface area contributed by atoms with Gasteiger partial charge in [0.15, 0.2) is 0 Å². The maximum atomic E-state index is 12.1. The molecule has 1 unspecified atom stereocenters. The summed E-state index contributed by atoms with van der Waals surface area (Å²) < 4.78 is 31.1. The number of nitrogens with zero attached hydrogens (tertiary/aromatic N) is 5. The number of carbonyl (C=O) groups is 1. The van der Waals surface area contributed by atoms with E-state index in [9.17, 15) is 13.2 Å².